The Morgan fingerprint density at radius 2 is 1.68 bits per heavy atom. The summed E-state index contributed by atoms with van der Waals surface area (Å²) in [6, 6.07) is 17.4. The van der Waals surface area contributed by atoms with Crippen LogP contribution in [-0.2, 0) is 22.7 Å². The number of rotatable bonds is 7. The Morgan fingerprint density at radius 3 is 2.29 bits per heavy atom. The van der Waals surface area contributed by atoms with Gasteiger partial charge in [0.05, 0.1) is 16.7 Å². The summed E-state index contributed by atoms with van der Waals surface area (Å²) >= 11 is 0. The zero-order chi connectivity index (χ0) is 24.9. The van der Waals surface area contributed by atoms with E-state index in [1.165, 1.54) is 35.6 Å². The van der Waals surface area contributed by atoms with Gasteiger partial charge in [0.25, 0.3) is 5.91 Å². The Bertz CT molecular complexity index is 1290. The monoisotopic (exact) mass is 489 g/mol. The predicted molar refractivity (Wildman–Crippen MR) is 123 cm³/mol. The molecule has 0 aliphatic rings. The molecule has 0 unspecified atom stereocenters. The van der Waals surface area contributed by atoms with E-state index in [2.05, 4.69) is 10.5 Å². The van der Waals surface area contributed by atoms with Gasteiger partial charge < -0.3 is 0 Å². The van der Waals surface area contributed by atoms with Crippen molar-refractivity contribution in [1.82, 2.24) is 9.73 Å². The number of hydrazone groups is 1. The van der Waals surface area contributed by atoms with Gasteiger partial charge in [0.1, 0.15) is 0 Å². The van der Waals surface area contributed by atoms with Crippen LogP contribution >= 0.6 is 0 Å². The molecule has 0 saturated carbocycles. The Labute approximate surface area is 195 Å². The summed E-state index contributed by atoms with van der Waals surface area (Å²) in [7, 11) is -2.20. The Balaban J connectivity index is 1.61. The number of hydrogen-bond donors (Lipinski definition) is 1. The number of sulfonamides is 1. The molecule has 0 spiro atoms. The molecule has 1 amide bonds. The molecule has 3 aromatic carbocycles. The first-order valence-electron chi connectivity index (χ1n) is 10.1. The van der Waals surface area contributed by atoms with Gasteiger partial charge in [-0.2, -0.15) is 22.6 Å². The number of carbonyl (C=O) groups is 1. The second-order valence-electron chi connectivity index (χ2n) is 7.59. The van der Waals surface area contributed by atoms with Gasteiger partial charge in [0.15, 0.2) is 0 Å². The van der Waals surface area contributed by atoms with Crippen molar-refractivity contribution in [3.63, 3.8) is 0 Å². The summed E-state index contributed by atoms with van der Waals surface area (Å²) in [6.45, 7) is 1.97. The van der Waals surface area contributed by atoms with Crippen molar-refractivity contribution in [3.8, 4) is 0 Å². The molecule has 0 radical (unpaired) electrons. The molecular weight excluding hydrogens is 467 g/mol. The zero-order valence-corrected chi connectivity index (χ0v) is 19.2. The number of hydrogen-bond acceptors (Lipinski definition) is 4. The highest BCUT2D eigenvalue weighted by Crippen LogP contribution is 2.29. The molecule has 1 N–H and O–H groups in total. The summed E-state index contributed by atoms with van der Waals surface area (Å²) < 4.78 is 65.0. The van der Waals surface area contributed by atoms with Crippen LogP contribution < -0.4 is 5.43 Å². The second-order valence-corrected chi connectivity index (χ2v) is 9.64. The molecule has 10 heteroatoms. The number of carbonyl (C=O) groups excluding carboxylic acids is 1. The number of benzene rings is 3. The summed E-state index contributed by atoms with van der Waals surface area (Å²) in [5, 5.41) is 3.70. The van der Waals surface area contributed by atoms with Crippen molar-refractivity contribution in [2.24, 2.45) is 5.10 Å². The van der Waals surface area contributed by atoms with Gasteiger partial charge in [-0.05, 0) is 54.4 Å². The first-order valence-corrected chi connectivity index (χ1v) is 11.5. The van der Waals surface area contributed by atoms with Crippen molar-refractivity contribution in [3.05, 3.63) is 101 Å². The average Bonchev–Trinajstić information content (AvgIpc) is 2.79. The summed E-state index contributed by atoms with van der Waals surface area (Å²) in [6.07, 6.45) is -3.35. The Hall–Kier alpha value is -3.50. The molecule has 0 aliphatic carbocycles. The summed E-state index contributed by atoms with van der Waals surface area (Å²) in [5.41, 5.74) is 3.51. The van der Waals surface area contributed by atoms with E-state index in [0.29, 0.717) is 5.56 Å². The van der Waals surface area contributed by atoms with Crippen LogP contribution in [0.15, 0.2) is 82.8 Å². The molecule has 0 aromatic heterocycles. The Kier molecular flexibility index (Phi) is 7.53. The van der Waals surface area contributed by atoms with Crippen LogP contribution in [0.5, 0.6) is 0 Å². The van der Waals surface area contributed by atoms with Gasteiger partial charge in [0.2, 0.25) is 10.0 Å². The summed E-state index contributed by atoms with van der Waals surface area (Å²) in [4.78, 5) is 12.4. The fourth-order valence-electron chi connectivity index (χ4n) is 3.02. The minimum atomic E-state index is -4.47. The molecule has 0 fully saturated rings. The molecule has 3 aromatic rings. The van der Waals surface area contributed by atoms with Gasteiger partial charge >= 0.3 is 6.18 Å². The third-order valence-corrected chi connectivity index (χ3v) is 6.76. The van der Waals surface area contributed by atoms with Crippen molar-refractivity contribution in [2.45, 2.75) is 24.5 Å². The van der Waals surface area contributed by atoms with Gasteiger partial charge in [0, 0.05) is 19.2 Å². The summed E-state index contributed by atoms with van der Waals surface area (Å²) in [5.74, 6) is -0.560. The van der Waals surface area contributed by atoms with Crippen LogP contribution in [0.25, 0.3) is 0 Å². The predicted octanol–water partition coefficient (Wildman–Crippen LogP) is 4.60. The third kappa shape index (κ3) is 6.30. The lowest BCUT2D eigenvalue weighted by atomic mass is 10.1. The van der Waals surface area contributed by atoms with Gasteiger partial charge in [-0.1, -0.05) is 42.0 Å². The maximum absolute atomic E-state index is 12.8. The van der Waals surface area contributed by atoms with Crippen LogP contribution in [0.3, 0.4) is 0 Å². The number of amides is 1. The molecule has 0 saturated heterocycles. The largest absolute Gasteiger partial charge is 0.416 e. The van der Waals surface area contributed by atoms with E-state index in [4.69, 9.17) is 0 Å². The van der Waals surface area contributed by atoms with Crippen molar-refractivity contribution in [2.75, 3.05) is 7.05 Å². The molecular formula is C24H22F3N3O3S. The zero-order valence-electron chi connectivity index (χ0n) is 18.4. The smallest absolute Gasteiger partial charge is 0.267 e. The first kappa shape index (κ1) is 25.1. The molecule has 178 valence electrons. The van der Waals surface area contributed by atoms with E-state index < -0.39 is 27.7 Å². The van der Waals surface area contributed by atoms with E-state index in [-0.39, 0.29) is 22.6 Å². The van der Waals surface area contributed by atoms with Crippen LogP contribution in [0.1, 0.15) is 32.6 Å². The SMILES string of the molecule is Cc1ccc(S(=O)(=O)N(C)Cc2ccc(C(=O)N/N=C/c3cccc(C(F)(F)F)c3)cc2)cc1. The van der Waals surface area contributed by atoms with E-state index in [0.717, 1.165) is 23.9 Å². The fraction of sp³-hybridized carbons (Fsp3) is 0.167. The van der Waals surface area contributed by atoms with E-state index in [9.17, 15) is 26.4 Å². The third-order valence-electron chi connectivity index (χ3n) is 4.94. The van der Waals surface area contributed by atoms with Crippen molar-refractivity contribution >= 4 is 22.1 Å². The van der Waals surface area contributed by atoms with E-state index >= 15 is 0 Å². The lowest BCUT2D eigenvalue weighted by molar-refractivity contribution is -0.137. The number of aryl methyl sites for hydroxylation is 1. The second kappa shape index (κ2) is 10.2. The number of nitrogens with zero attached hydrogens (tertiary/aromatic N) is 2. The molecule has 6 nitrogen and oxygen atoms in total. The van der Waals surface area contributed by atoms with Crippen LogP contribution in [0.4, 0.5) is 13.2 Å². The minimum Gasteiger partial charge on any atom is -0.267 e. The number of halogens is 3. The van der Waals surface area contributed by atoms with Gasteiger partial charge in [-0.15, -0.1) is 0 Å². The highest BCUT2D eigenvalue weighted by Gasteiger charge is 2.30. The van der Waals surface area contributed by atoms with Crippen LogP contribution in [-0.4, -0.2) is 31.9 Å². The first-order chi connectivity index (χ1) is 16.0. The number of alkyl halides is 3. The highest BCUT2D eigenvalue weighted by atomic mass is 32.2. The fourth-order valence-corrected chi connectivity index (χ4v) is 4.18. The standard InChI is InChI=1S/C24H22F3N3O3S/c1-17-6-12-22(13-7-17)34(32,33)30(2)16-18-8-10-20(11-9-18)23(31)29-28-15-19-4-3-5-21(14-19)24(25,26)27/h3-15H,16H2,1-2H3,(H,29,31)/b28-15+. The lowest BCUT2D eigenvalue weighted by Gasteiger charge is -2.17. The molecule has 3 rings (SSSR count). The molecule has 0 atom stereocenters. The normalized spacial score (nSPS) is 12.3. The maximum atomic E-state index is 12.8. The minimum absolute atomic E-state index is 0.103. The highest BCUT2D eigenvalue weighted by molar-refractivity contribution is 7.89. The van der Waals surface area contributed by atoms with Gasteiger partial charge in [-0.3, -0.25) is 4.79 Å². The van der Waals surface area contributed by atoms with Gasteiger partial charge in [-0.25, -0.2) is 13.8 Å². The maximum Gasteiger partial charge on any atom is 0.416 e. The molecule has 34 heavy (non-hydrogen) atoms. The molecule has 0 aliphatic heterocycles. The van der Waals surface area contributed by atoms with Crippen LogP contribution in [0, 0.1) is 6.92 Å². The quantitative estimate of drug-likeness (QED) is 0.389. The lowest BCUT2D eigenvalue weighted by Crippen LogP contribution is -2.26. The average molecular weight is 490 g/mol. The molecule has 0 heterocycles. The topological polar surface area (TPSA) is 78.8 Å². The molecule has 0 bridgehead atoms. The van der Waals surface area contributed by atoms with E-state index in [1.807, 2.05) is 6.92 Å². The van der Waals surface area contributed by atoms with E-state index in [1.54, 1.807) is 36.4 Å². The number of nitrogens with one attached hydrogen (secondary N) is 1. The van der Waals surface area contributed by atoms with Crippen LogP contribution in [0.2, 0.25) is 0 Å². The van der Waals surface area contributed by atoms with Crippen molar-refractivity contribution < 1.29 is 26.4 Å². The van der Waals surface area contributed by atoms with Crippen molar-refractivity contribution in [1.29, 1.82) is 0 Å². The Morgan fingerprint density at radius 1 is 1.03 bits per heavy atom.